The van der Waals surface area contributed by atoms with Crippen molar-refractivity contribution < 1.29 is 23.8 Å². The fourth-order valence-corrected chi connectivity index (χ4v) is 6.04. The summed E-state index contributed by atoms with van der Waals surface area (Å²) in [5.74, 6) is 0.632. The second kappa shape index (κ2) is 21.3. The Balaban J connectivity index is 1.49. The molecule has 0 aliphatic carbocycles. The van der Waals surface area contributed by atoms with E-state index in [4.69, 9.17) is 14.2 Å². The second-order valence-electron chi connectivity index (χ2n) is 12.0. The van der Waals surface area contributed by atoms with Crippen molar-refractivity contribution in [3.63, 3.8) is 0 Å². The van der Waals surface area contributed by atoms with Crippen molar-refractivity contribution in [2.24, 2.45) is 0 Å². The Bertz CT molecular complexity index is 1420. The van der Waals surface area contributed by atoms with Gasteiger partial charge >= 0.3 is 11.9 Å². The molecule has 0 spiro atoms. The number of piperazine rings is 1. The summed E-state index contributed by atoms with van der Waals surface area (Å²) in [5, 5.41) is 3.33. The third-order valence-corrected chi connectivity index (χ3v) is 8.78. The van der Waals surface area contributed by atoms with Crippen LogP contribution in [-0.4, -0.2) is 69.0 Å². The number of ether oxygens (including phenoxy) is 3. The lowest BCUT2D eigenvalue weighted by Gasteiger charge is -2.26. The first kappa shape index (κ1) is 37.9. The molecule has 1 aliphatic rings. The largest absolute Gasteiger partial charge is 0.493 e. The van der Waals surface area contributed by atoms with Gasteiger partial charge in [0.2, 0.25) is 0 Å². The van der Waals surface area contributed by atoms with Gasteiger partial charge in [-0.3, -0.25) is 0 Å². The van der Waals surface area contributed by atoms with Gasteiger partial charge in [-0.2, -0.15) is 0 Å². The van der Waals surface area contributed by atoms with Crippen molar-refractivity contribution in [2.75, 3.05) is 52.2 Å². The van der Waals surface area contributed by atoms with E-state index >= 15 is 0 Å². The van der Waals surface area contributed by atoms with E-state index in [0.29, 0.717) is 23.7 Å². The average Bonchev–Trinajstić information content (AvgIpc) is 3.06. The van der Waals surface area contributed by atoms with Gasteiger partial charge < -0.3 is 24.4 Å². The minimum atomic E-state index is -0.450. The number of benzene rings is 2. The van der Waals surface area contributed by atoms with Crippen molar-refractivity contribution >= 4 is 29.8 Å². The minimum absolute atomic E-state index is 0.310. The molecule has 254 valence electrons. The number of esters is 2. The molecule has 0 amide bonds. The van der Waals surface area contributed by atoms with Crippen molar-refractivity contribution in [3.8, 4) is 11.5 Å². The zero-order chi connectivity index (χ0) is 33.9. The topological polar surface area (TPSA) is 77.1 Å². The number of thioether (sulfide) groups is 1. The first-order valence-corrected chi connectivity index (χ1v) is 17.6. The van der Waals surface area contributed by atoms with Gasteiger partial charge in [0.05, 0.1) is 19.3 Å². The molecule has 0 bridgehead atoms. The Morgan fingerprint density at radius 3 is 2.38 bits per heavy atom. The lowest BCUT2D eigenvalue weighted by Crippen LogP contribution is -2.43. The molecule has 0 aromatic heterocycles. The molecule has 3 rings (SSSR count). The summed E-state index contributed by atoms with van der Waals surface area (Å²) in [6.07, 6.45) is 15.0. The van der Waals surface area contributed by atoms with Gasteiger partial charge in [0, 0.05) is 49.4 Å². The van der Waals surface area contributed by atoms with Crippen LogP contribution in [0.15, 0.2) is 88.4 Å². The third kappa shape index (κ3) is 14.8. The SMILES string of the molecule is COc1cc(/C=C/C(=O)OCCCN2CCNCC2)ccc1OC(=O)c1ccccc1SC/C=C(\C)CC/C=C(\C)CCC=C(C)C. The summed E-state index contributed by atoms with van der Waals surface area (Å²) in [5.41, 5.74) is 5.38. The zero-order valence-corrected chi connectivity index (χ0v) is 29.6. The Morgan fingerprint density at radius 2 is 1.64 bits per heavy atom. The Kier molecular flexibility index (Phi) is 17.2. The van der Waals surface area contributed by atoms with Crippen LogP contribution in [-0.2, 0) is 9.53 Å². The summed E-state index contributed by atoms with van der Waals surface area (Å²) >= 11 is 1.62. The second-order valence-corrected chi connectivity index (χ2v) is 13.1. The van der Waals surface area contributed by atoms with Crippen LogP contribution < -0.4 is 14.8 Å². The Morgan fingerprint density at radius 1 is 0.915 bits per heavy atom. The van der Waals surface area contributed by atoms with E-state index in [1.807, 2.05) is 18.2 Å². The molecule has 1 heterocycles. The number of hydrogen-bond acceptors (Lipinski definition) is 8. The lowest BCUT2D eigenvalue weighted by atomic mass is 10.1. The zero-order valence-electron chi connectivity index (χ0n) is 28.8. The van der Waals surface area contributed by atoms with Crippen LogP contribution in [0.1, 0.15) is 75.7 Å². The predicted octanol–water partition coefficient (Wildman–Crippen LogP) is 8.28. The smallest absolute Gasteiger partial charge is 0.344 e. The van der Waals surface area contributed by atoms with Crippen molar-refractivity contribution in [2.45, 2.75) is 64.7 Å². The molecule has 1 fully saturated rings. The number of nitrogens with one attached hydrogen (secondary N) is 1. The molecule has 0 atom stereocenters. The Hall–Kier alpha value is -3.59. The van der Waals surface area contributed by atoms with Crippen molar-refractivity contribution in [3.05, 3.63) is 94.6 Å². The van der Waals surface area contributed by atoms with Crippen LogP contribution in [0.25, 0.3) is 6.08 Å². The fourth-order valence-electron chi connectivity index (χ4n) is 5.01. The highest BCUT2D eigenvalue weighted by Crippen LogP contribution is 2.31. The van der Waals surface area contributed by atoms with Crippen LogP contribution in [0.3, 0.4) is 0 Å². The van der Waals surface area contributed by atoms with E-state index in [2.05, 4.69) is 56.1 Å². The van der Waals surface area contributed by atoms with Crippen LogP contribution in [0.5, 0.6) is 11.5 Å². The molecule has 2 aromatic rings. The highest BCUT2D eigenvalue weighted by molar-refractivity contribution is 7.99. The predicted molar refractivity (Wildman–Crippen MR) is 194 cm³/mol. The van der Waals surface area contributed by atoms with Gasteiger partial charge in [0.1, 0.15) is 0 Å². The summed E-state index contributed by atoms with van der Waals surface area (Å²) < 4.78 is 16.6. The molecule has 1 aliphatic heterocycles. The molecular formula is C39H52N2O5S. The van der Waals surface area contributed by atoms with Gasteiger partial charge in [-0.05, 0) is 95.7 Å². The molecule has 1 N–H and O–H groups in total. The van der Waals surface area contributed by atoms with E-state index < -0.39 is 11.9 Å². The standard InChI is InChI=1S/C39H52N2O5S/c1-30(2)11-8-12-31(3)13-9-14-32(4)21-28-47-37-16-7-6-15-34(37)39(43)46-35-19-17-33(29-36(35)44-5)18-20-38(42)45-27-10-24-41-25-22-40-23-26-41/h6-7,11,13,15-21,29,40H,8-10,12,14,22-28H2,1-5H3/b20-18+,31-13+,32-21+. The average molecular weight is 661 g/mol. The minimum Gasteiger partial charge on any atom is -0.493 e. The normalized spacial score (nSPS) is 14.2. The molecule has 0 saturated carbocycles. The lowest BCUT2D eigenvalue weighted by molar-refractivity contribution is -0.137. The summed E-state index contributed by atoms with van der Waals surface area (Å²) in [6, 6.07) is 12.7. The van der Waals surface area contributed by atoms with Crippen molar-refractivity contribution in [1.29, 1.82) is 0 Å². The number of carbonyl (C=O) groups excluding carboxylic acids is 2. The molecule has 0 radical (unpaired) electrons. The number of methoxy groups -OCH3 is 1. The van der Waals surface area contributed by atoms with Crippen LogP contribution in [0.4, 0.5) is 0 Å². The van der Waals surface area contributed by atoms with Crippen LogP contribution in [0.2, 0.25) is 0 Å². The highest BCUT2D eigenvalue weighted by Gasteiger charge is 2.16. The van der Waals surface area contributed by atoms with Crippen molar-refractivity contribution in [1.82, 2.24) is 10.2 Å². The first-order chi connectivity index (χ1) is 22.7. The van der Waals surface area contributed by atoms with Crippen LogP contribution >= 0.6 is 11.8 Å². The number of nitrogens with zero attached hydrogens (tertiary/aromatic N) is 1. The molecular weight excluding hydrogens is 609 g/mol. The maximum absolute atomic E-state index is 13.2. The van der Waals surface area contributed by atoms with E-state index in [1.165, 1.54) is 29.9 Å². The van der Waals surface area contributed by atoms with Crippen LogP contribution in [0, 0.1) is 0 Å². The van der Waals surface area contributed by atoms with Gasteiger partial charge in [0.25, 0.3) is 0 Å². The van der Waals surface area contributed by atoms with Gasteiger partial charge in [-0.15, -0.1) is 11.8 Å². The Labute approximate surface area is 286 Å². The molecule has 8 heteroatoms. The molecule has 1 saturated heterocycles. The highest BCUT2D eigenvalue weighted by atomic mass is 32.2. The van der Waals surface area contributed by atoms with E-state index in [-0.39, 0.29) is 0 Å². The number of carbonyl (C=O) groups is 2. The van der Waals surface area contributed by atoms with E-state index in [0.717, 1.165) is 81.0 Å². The number of rotatable bonds is 18. The summed E-state index contributed by atoms with van der Waals surface area (Å²) in [6.45, 7) is 14.0. The first-order valence-electron chi connectivity index (χ1n) is 16.6. The fraction of sp³-hybridized carbons (Fsp3) is 0.436. The maximum atomic E-state index is 13.2. The van der Waals surface area contributed by atoms with Gasteiger partial charge in [-0.25, -0.2) is 9.59 Å². The molecule has 47 heavy (non-hydrogen) atoms. The summed E-state index contributed by atoms with van der Waals surface area (Å²) in [4.78, 5) is 28.7. The van der Waals surface area contributed by atoms with E-state index in [1.54, 1.807) is 42.1 Å². The number of allylic oxidation sites excluding steroid dienone is 5. The quantitative estimate of drug-likeness (QED) is 0.0428. The maximum Gasteiger partial charge on any atom is 0.344 e. The van der Waals surface area contributed by atoms with E-state index in [9.17, 15) is 9.59 Å². The van der Waals surface area contributed by atoms with Gasteiger partial charge in [-0.1, -0.05) is 53.1 Å². The number of hydrogen-bond donors (Lipinski definition) is 1. The molecule has 7 nitrogen and oxygen atoms in total. The van der Waals surface area contributed by atoms with Gasteiger partial charge in [0.15, 0.2) is 11.5 Å². The monoisotopic (exact) mass is 660 g/mol. The summed E-state index contributed by atoms with van der Waals surface area (Å²) in [7, 11) is 1.52. The molecule has 0 unspecified atom stereocenters. The third-order valence-electron chi connectivity index (χ3n) is 7.78. The molecule has 2 aromatic carbocycles.